The second kappa shape index (κ2) is 11.2. The second-order valence-electron chi connectivity index (χ2n) is 14.3. The van der Waals surface area contributed by atoms with Crippen molar-refractivity contribution in [3.63, 3.8) is 0 Å². The summed E-state index contributed by atoms with van der Waals surface area (Å²) in [7, 11) is 0. The second-order valence-corrected chi connectivity index (χ2v) is 14.3. The molecule has 0 aliphatic rings. The predicted octanol–water partition coefficient (Wildman–Crippen LogP) is 15.1. The molecule has 10 aromatic carbocycles. The van der Waals surface area contributed by atoms with E-state index in [2.05, 4.69) is 158 Å². The van der Waals surface area contributed by atoms with Crippen molar-refractivity contribution in [2.24, 2.45) is 0 Å². The lowest BCUT2D eigenvalue weighted by Gasteiger charge is -2.19. The van der Waals surface area contributed by atoms with E-state index in [9.17, 15) is 0 Å². The highest BCUT2D eigenvalue weighted by molar-refractivity contribution is 6.27. The quantitative estimate of drug-likeness (QED) is 0.173. The van der Waals surface area contributed by atoms with E-state index in [4.69, 9.17) is 8.83 Å². The fourth-order valence-corrected chi connectivity index (χ4v) is 9.09. The summed E-state index contributed by atoms with van der Waals surface area (Å²) >= 11 is 0. The zero-order valence-electron chi connectivity index (χ0n) is 29.1. The van der Waals surface area contributed by atoms with Crippen LogP contribution in [-0.4, -0.2) is 0 Å². The summed E-state index contributed by atoms with van der Waals surface area (Å²) in [6.45, 7) is 0. The molecule has 0 fully saturated rings. The first kappa shape index (κ1) is 29.4. The molecule has 12 rings (SSSR count). The van der Waals surface area contributed by atoms with Crippen molar-refractivity contribution >= 4 is 87.0 Å². The number of furan rings is 2. The highest BCUT2D eigenvalue weighted by atomic mass is 16.3. The van der Waals surface area contributed by atoms with Gasteiger partial charge in [-0.3, -0.25) is 0 Å². The summed E-state index contributed by atoms with van der Waals surface area (Å²) < 4.78 is 12.9. The Kier molecular flexibility index (Phi) is 6.09. The molecule has 54 heavy (non-hydrogen) atoms. The molecule has 12 aromatic rings. The van der Waals surface area contributed by atoms with Gasteiger partial charge in [0, 0.05) is 21.5 Å². The molecule has 0 unspecified atom stereocenters. The van der Waals surface area contributed by atoms with Crippen LogP contribution in [0.4, 0.5) is 0 Å². The molecule has 0 radical (unpaired) electrons. The Morgan fingerprint density at radius 2 is 0.759 bits per heavy atom. The van der Waals surface area contributed by atoms with Crippen LogP contribution in [0.25, 0.3) is 120 Å². The number of fused-ring (bicyclic) bond motifs is 11. The molecule has 0 spiro atoms. The van der Waals surface area contributed by atoms with E-state index in [0.717, 1.165) is 49.4 Å². The molecular formula is C52H30O2. The minimum Gasteiger partial charge on any atom is -0.456 e. The van der Waals surface area contributed by atoms with Crippen molar-refractivity contribution in [2.75, 3.05) is 0 Å². The maximum absolute atomic E-state index is 6.64. The van der Waals surface area contributed by atoms with Crippen LogP contribution in [0.15, 0.2) is 191 Å². The van der Waals surface area contributed by atoms with E-state index in [0.29, 0.717) is 0 Å². The third-order valence-electron chi connectivity index (χ3n) is 11.5. The lowest BCUT2D eigenvalue weighted by atomic mass is 9.83. The number of benzene rings is 10. The standard InChI is InChI=1S/C52H30O2/c1-2-12-32-29-33(22-21-31(32)11-1)35-25-26-42(37-14-4-3-13-36(35)37)50-40-17-7-5-15-38(40)49(39-16-6-8-18-41(39)50)34-23-24-44-48(30-34)54-47-28-27-46-51(52(44)47)43-19-9-10-20-45(43)53-46/h1-30H. The fraction of sp³-hybridized carbons (Fsp3) is 0. The predicted molar refractivity (Wildman–Crippen MR) is 227 cm³/mol. The normalized spacial score (nSPS) is 12.1. The maximum Gasteiger partial charge on any atom is 0.136 e. The number of hydrogen-bond donors (Lipinski definition) is 0. The SMILES string of the molecule is c1ccc2cc(-c3ccc(-c4c5ccccc5c(-c5ccc6c(c5)oc5ccc7oc8ccccc8c7c56)c5ccccc45)c4ccccc34)ccc2c1. The van der Waals surface area contributed by atoms with Crippen molar-refractivity contribution in [3.8, 4) is 33.4 Å². The Labute approximate surface area is 310 Å². The van der Waals surface area contributed by atoms with Gasteiger partial charge in [0.2, 0.25) is 0 Å². The Balaban J connectivity index is 1.10. The molecular weight excluding hydrogens is 657 g/mol. The molecule has 0 amide bonds. The van der Waals surface area contributed by atoms with Gasteiger partial charge in [-0.05, 0) is 113 Å². The Morgan fingerprint density at radius 3 is 1.46 bits per heavy atom. The van der Waals surface area contributed by atoms with Gasteiger partial charge >= 0.3 is 0 Å². The zero-order valence-corrected chi connectivity index (χ0v) is 29.1. The molecule has 0 aliphatic carbocycles. The topological polar surface area (TPSA) is 26.3 Å². The largest absolute Gasteiger partial charge is 0.456 e. The minimum atomic E-state index is 0.866. The maximum atomic E-state index is 6.64. The molecule has 2 aromatic heterocycles. The van der Waals surface area contributed by atoms with Crippen molar-refractivity contribution < 1.29 is 8.83 Å². The van der Waals surface area contributed by atoms with Crippen molar-refractivity contribution in [1.29, 1.82) is 0 Å². The number of rotatable bonds is 3. The van der Waals surface area contributed by atoms with Crippen LogP contribution in [0.5, 0.6) is 0 Å². The molecule has 2 heterocycles. The summed E-state index contributed by atoms with van der Waals surface area (Å²) in [5.41, 5.74) is 10.8. The first-order valence-electron chi connectivity index (χ1n) is 18.5. The summed E-state index contributed by atoms with van der Waals surface area (Å²) in [4.78, 5) is 0. The molecule has 0 atom stereocenters. The smallest absolute Gasteiger partial charge is 0.136 e. The van der Waals surface area contributed by atoms with Crippen molar-refractivity contribution in [3.05, 3.63) is 182 Å². The third-order valence-corrected chi connectivity index (χ3v) is 11.5. The third kappa shape index (κ3) is 4.17. The highest BCUT2D eigenvalue weighted by Crippen LogP contribution is 2.48. The van der Waals surface area contributed by atoms with Crippen molar-refractivity contribution in [1.82, 2.24) is 0 Å². The van der Waals surface area contributed by atoms with Gasteiger partial charge in [-0.25, -0.2) is 0 Å². The summed E-state index contributed by atoms with van der Waals surface area (Å²) in [5, 5.41) is 14.3. The number of para-hydroxylation sites is 1. The first-order chi connectivity index (χ1) is 26.8. The van der Waals surface area contributed by atoms with Gasteiger partial charge in [-0.15, -0.1) is 0 Å². The molecule has 0 aliphatic heterocycles. The average Bonchev–Trinajstić information content (AvgIpc) is 3.80. The molecule has 0 saturated carbocycles. The monoisotopic (exact) mass is 686 g/mol. The molecule has 2 heteroatoms. The zero-order chi connectivity index (χ0) is 35.3. The van der Waals surface area contributed by atoms with E-state index < -0.39 is 0 Å². The molecule has 0 saturated heterocycles. The Morgan fingerprint density at radius 1 is 0.259 bits per heavy atom. The van der Waals surface area contributed by atoms with Gasteiger partial charge < -0.3 is 8.83 Å². The Bertz CT molecular complexity index is 3450. The number of hydrogen-bond acceptors (Lipinski definition) is 2. The fourth-order valence-electron chi connectivity index (χ4n) is 9.09. The lowest BCUT2D eigenvalue weighted by molar-refractivity contribution is 0.663. The van der Waals surface area contributed by atoms with Crippen LogP contribution in [-0.2, 0) is 0 Å². The molecule has 250 valence electrons. The molecule has 0 N–H and O–H groups in total. The Hall–Kier alpha value is -7.16. The van der Waals surface area contributed by atoms with Crippen LogP contribution < -0.4 is 0 Å². The lowest BCUT2D eigenvalue weighted by Crippen LogP contribution is -1.92. The van der Waals surface area contributed by atoms with Gasteiger partial charge in [0.15, 0.2) is 0 Å². The minimum absolute atomic E-state index is 0.866. The van der Waals surface area contributed by atoms with Crippen LogP contribution in [0, 0.1) is 0 Å². The van der Waals surface area contributed by atoms with Gasteiger partial charge in [0.05, 0.1) is 0 Å². The van der Waals surface area contributed by atoms with Crippen LogP contribution in [0.1, 0.15) is 0 Å². The van der Waals surface area contributed by atoms with E-state index in [-0.39, 0.29) is 0 Å². The van der Waals surface area contributed by atoms with E-state index >= 15 is 0 Å². The van der Waals surface area contributed by atoms with Gasteiger partial charge in [0.1, 0.15) is 22.3 Å². The van der Waals surface area contributed by atoms with Crippen LogP contribution in [0.2, 0.25) is 0 Å². The van der Waals surface area contributed by atoms with E-state index in [1.54, 1.807) is 0 Å². The first-order valence-corrected chi connectivity index (χ1v) is 18.5. The van der Waals surface area contributed by atoms with E-state index in [1.165, 1.54) is 70.9 Å². The van der Waals surface area contributed by atoms with Gasteiger partial charge in [0.25, 0.3) is 0 Å². The van der Waals surface area contributed by atoms with E-state index in [1.807, 2.05) is 24.3 Å². The van der Waals surface area contributed by atoms with Crippen molar-refractivity contribution in [2.45, 2.75) is 0 Å². The molecule has 2 nitrogen and oxygen atoms in total. The van der Waals surface area contributed by atoms with Crippen LogP contribution in [0.3, 0.4) is 0 Å². The summed E-state index contributed by atoms with van der Waals surface area (Å²) in [6.07, 6.45) is 0. The average molecular weight is 687 g/mol. The molecule has 0 bridgehead atoms. The van der Waals surface area contributed by atoms with Crippen LogP contribution >= 0.6 is 0 Å². The summed E-state index contributed by atoms with van der Waals surface area (Å²) in [6, 6.07) is 65.7. The van der Waals surface area contributed by atoms with Gasteiger partial charge in [-0.2, -0.15) is 0 Å². The summed E-state index contributed by atoms with van der Waals surface area (Å²) in [5.74, 6) is 0. The highest BCUT2D eigenvalue weighted by Gasteiger charge is 2.21. The van der Waals surface area contributed by atoms with Gasteiger partial charge in [-0.1, -0.05) is 146 Å².